The van der Waals surface area contributed by atoms with Crippen LogP contribution in [0.2, 0.25) is 0 Å². The molecule has 4 aromatic rings. The average Bonchev–Trinajstić information content (AvgIpc) is 3.39. The number of aliphatic imine (C=N–C) groups is 1. The number of phenolic OH excluding ortho intramolecular Hbond substituents is 1. The number of benzene rings is 4. The Morgan fingerprint density at radius 2 is 1.68 bits per heavy atom. The fraction of sp³-hybridized carbons (Fsp3) is 0.161. The lowest BCUT2D eigenvalue weighted by atomic mass is 9.98. The largest absolute Gasteiger partial charge is 0.507 e. The van der Waals surface area contributed by atoms with Crippen LogP contribution in [0.4, 0.5) is 11.4 Å². The molecule has 0 saturated carbocycles. The van der Waals surface area contributed by atoms with E-state index in [9.17, 15) is 5.11 Å². The van der Waals surface area contributed by atoms with Gasteiger partial charge in [0, 0.05) is 24.3 Å². The van der Waals surface area contributed by atoms with Crippen molar-refractivity contribution in [3.05, 3.63) is 114 Å². The number of phenols is 1. The van der Waals surface area contributed by atoms with Crippen LogP contribution in [0.25, 0.3) is 0 Å². The quantitative estimate of drug-likeness (QED) is 0.272. The van der Waals surface area contributed by atoms with Crippen LogP contribution in [-0.2, 0) is 0 Å². The van der Waals surface area contributed by atoms with E-state index < -0.39 is 0 Å². The van der Waals surface area contributed by atoms with Gasteiger partial charge in [-0.15, -0.1) is 0 Å². The molecule has 1 heterocycles. The molecule has 0 spiro atoms. The Balaban J connectivity index is 1.40. The fourth-order valence-electron chi connectivity index (χ4n) is 4.36. The number of ether oxygens (including phenoxy) is 2. The maximum Gasteiger partial charge on any atom is 0.128 e. The van der Waals surface area contributed by atoms with Gasteiger partial charge >= 0.3 is 0 Å². The second-order valence-corrected chi connectivity index (χ2v) is 8.68. The van der Waals surface area contributed by atoms with E-state index in [0.29, 0.717) is 17.9 Å². The molecule has 0 fully saturated rings. The second kappa shape index (κ2) is 11.0. The molecular formula is C31H29N3O3. The number of hydrogen-bond acceptors (Lipinski definition) is 6. The first-order valence-corrected chi connectivity index (χ1v) is 12.3. The van der Waals surface area contributed by atoms with Crippen molar-refractivity contribution in [2.45, 2.75) is 19.4 Å². The molecule has 186 valence electrons. The SMILES string of the molecule is CCOc1ccc(C=Nc2ccc(N3N=C(c4ccccc4)C[C@@H]3c3ccc(OC)cc3)cc2)c(O)c1. The smallest absolute Gasteiger partial charge is 0.128 e. The van der Waals surface area contributed by atoms with E-state index in [1.54, 1.807) is 25.5 Å². The maximum atomic E-state index is 10.3. The monoisotopic (exact) mass is 491 g/mol. The fourth-order valence-corrected chi connectivity index (χ4v) is 4.36. The Hall–Kier alpha value is -4.58. The summed E-state index contributed by atoms with van der Waals surface area (Å²) in [4.78, 5) is 4.55. The minimum Gasteiger partial charge on any atom is -0.507 e. The Morgan fingerprint density at radius 3 is 2.35 bits per heavy atom. The van der Waals surface area contributed by atoms with E-state index in [4.69, 9.17) is 14.6 Å². The van der Waals surface area contributed by atoms with Gasteiger partial charge in [-0.3, -0.25) is 10.0 Å². The standard InChI is InChI=1S/C31H29N3O3/c1-3-37-28-18-11-24(31(35)19-28)21-32-25-12-14-26(15-13-25)34-30(23-9-16-27(36-2)17-10-23)20-29(33-34)22-7-5-4-6-8-22/h4-19,21,30,35H,3,20H2,1-2H3/t30-/m1/s1. The van der Waals surface area contributed by atoms with Crippen molar-refractivity contribution in [1.29, 1.82) is 0 Å². The topological polar surface area (TPSA) is 66.7 Å². The molecule has 6 heteroatoms. The lowest BCUT2D eigenvalue weighted by Gasteiger charge is -2.24. The van der Waals surface area contributed by atoms with Crippen LogP contribution in [0.3, 0.4) is 0 Å². The van der Waals surface area contributed by atoms with Gasteiger partial charge in [-0.2, -0.15) is 5.10 Å². The first-order valence-electron chi connectivity index (χ1n) is 12.3. The van der Waals surface area contributed by atoms with Crippen molar-refractivity contribution in [3.63, 3.8) is 0 Å². The lowest BCUT2D eigenvalue weighted by Crippen LogP contribution is -2.18. The van der Waals surface area contributed by atoms with Gasteiger partial charge in [-0.1, -0.05) is 42.5 Å². The Bertz CT molecular complexity index is 1400. The molecule has 0 aromatic heterocycles. The third-order valence-corrected chi connectivity index (χ3v) is 6.30. The first-order chi connectivity index (χ1) is 18.1. The summed E-state index contributed by atoms with van der Waals surface area (Å²) in [6.07, 6.45) is 2.45. The van der Waals surface area contributed by atoms with E-state index in [0.717, 1.165) is 34.8 Å². The molecule has 6 nitrogen and oxygen atoms in total. The van der Waals surface area contributed by atoms with E-state index in [1.165, 1.54) is 5.56 Å². The van der Waals surface area contributed by atoms with Crippen LogP contribution < -0.4 is 14.5 Å². The molecule has 4 aromatic carbocycles. The highest BCUT2D eigenvalue weighted by molar-refractivity contribution is 6.03. The molecule has 0 radical (unpaired) electrons. The van der Waals surface area contributed by atoms with Gasteiger partial charge in [0.05, 0.1) is 36.8 Å². The summed E-state index contributed by atoms with van der Waals surface area (Å²) < 4.78 is 10.8. The van der Waals surface area contributed by atoms with Gasteiger partial charge in [0.25, 0.3) is 0 Å². The van der Waals surface area contributed by atoms with Crippen molar-refractivity contribution >= 4 is 23.3 Å². The number of anilines is 1. The number of hydrogen-bond donors (Lipinski definition) is 1. The Morgan fingerprint density at radius 1 is 0.946 bits per heavy atom. The maximum absolute atomic E-state index is 10.3. The molecule has 1 aliphatic rings. The molecule has 37 heavy (non-hydrogen) atoms. The highest BCUT2D eigenvalue weighted by atomic mass is 16.5. The summed E-state index contributed by atoms with van der Waals surface area (Å²) in [6, 6.07) is 31.7. The summed E-state index contributed by atoms with van der Waals surface area (Å²) >= 11 is 0. The molecule has 1 aliphatic heterocycles. The molecule has 1 N–H and O–H groups in total. The number of nitrogens with zero attached hydrogens (tertiary/aromatic N) is 3. The highest BCUT2D eigenvalue weighted by Gasteiger charge is 2.29. The highest BCUT2D eigenvalue weighted by Crippen LogP contribution is 2.37. The molecule has 0 unspecified atom stereocenters. The number of rotatable bonds is 8. The van der Waals surface area contributed by atoms with Gasteiger partial charge in [0.1, 0.15) is 17.2 Å². The Labute approximate surface area is 217 Å². The summed E-state index contributed by atoms with van der Waals surface area (Å²) in [5, 5.41) is 17.4. The van der Waals surface area contributed by atoms with Gasteiger partial charge in [-0.25, -0.2) is 0 Å². The zero-order valence-corrected chi connectivity index (χ0v) is 20.9. The molecule has 0 saturated heterocycles. The zero-order chi connectivity index (χ0) is 25.6. The van der Waals surface area contributed by atoms with Gasteiger partial charge in [0.15, 0.2) is 0 Å². The van der Waals surface area contributed by atoms with E-state index in [1.807, 2.05) is 67.6 Å². The molecule has 1 atom stereocenters. The molecule has 0 aliphatic carbocycles. The van der Waals surface area contributed by atoms with Crippen LogP contribution >= 0.6 is 0 Å². The summed E-state index contributed by atoms with van der Waals surface area (Å²) in [7, 11) is 1.68. The van der Waals surface area contributed by atoms with Crippen LogP contribution in [0, 0.1) is 0 Å². The minimum absolute atomic E-state index is 0.0660. The first kappa shape index (κ1) is 24.1. The van der Waals surface area contributed by atoms with Gasteiger partial charge in [0.2, 0.25) is 0 Å². The van der Waals surface area contributed by atoms with Crippen LogP contribution in [0.5, 0.6) is 17.2 Å². The van der Waals surface area contributed by atoms with Crippen molar-refractivity contribution in [2.75, 3.05) is 18.7 Å². The van der Waals surface area contributed by atoms with Gasteiger partial charge < -0.3 is 14.6 Å². The molecule has 5 rings (SSSR count). The minimum atomic E-state index is 0.0660. The number of aromatic hydroxyl groups is 1. The van der Waals surface area contributed by atoms with E-state index in [-0.39, 0.29) is 11.8 Å². The summed E-state index contributed by atoms with van der Waals surface area (Å²) in [6.45, 7) is 2.46. The second-order valence-electron chi connectivity index (χ2n) is 8.68. The number of hydrazone groups is 1. The average molecular weight is 492 g/mol. The van der Waals surface area contributed by atoms with Crippen molar-refractivity contribution < 1.29 is 14.6 Å². The van der Waals surface area contributed by atoms with Crippen LogP contribution in [0.15, 0.2) is 107 Å². The van der Waals surface area contributed by atoms with Crippen LogP contribution in [-0.4, -0.2) is 30.7 Å². The third kappa shape index (κ3) is 5.48. The van der Waals surface area contributed by atoms with Crippen LogP contribution in [0.1, 0.15) is 36.1 Å². The zero-order valence-electron chi connectivity index (χ0n) is 20.9. The van der Waals surface area contributed by atoms with Crippen molar-refractivity contribution in [1.82, 2.24) is 0 Å². The predicted octanol–water partition coefficient (Wildman–Crippen LogP) is 6.91. The lowest BCUT2D eigenvalue weighted by molar-refractivity contribution is 0.337. The van der Waals surface area contributed by atoms with Crippen molar-refractivity contribution in [2.24, 2.45) is 10.1 Å². The predicted molar refractivity (Wildman–Crippen MR) is 149 cm³/mol. The van der Waals surface area contributed by atoms with E-state index in [2.05, 4.69) is 34.3 Å². The molecular weight excluding hydrogens is 462 g/mol. The normalized spacial score (nSPS) is 15.1. The molecule has 0 bridgehead atoms. The van der Waals surface area contributed by atoms with Crippen molar-refractivity contribution in [3.8, 4) is 17.2 Å². The summed E-state index contributed by atoms with van der Waals surface area (Å²) in [5.41, 5.74) is 5.74. The summed E-state index contributed by atoms with van der Waals surface area (Å²) in [5.74, 6) is 1.60. The Kier molecular flexibility index (Phi) is 7.17. The van der Waals surface area contributed by atoms with E-state index >= 15 is 0 Å². The molecule has 0 amide bonds. The third-order valence-electron chi connectivity index (χ3n) is 6.30. The number of methoxy groups -OCH3 is 1. The van der Waals surface area contributed by atoms with Gasteiger partial charge in [-0.05, 0) is 66.6 Å².